The molecule has 0 atom stereocenters. The van der Waals surface area contributed by atoms with Crippen molar-refractivity contribution < 1.29 is 35.9 Å². The van der Waals surface area contributed by atoms with Crippen LogP contribution in [-0.4, -0.2) is 62.9 Å². The van der Waals surface area contributed by atoms with E-state index in [2.05, 4.69) is 0 Å². The van der Waals surface area contributed by atoms with Crippen LogP contribution in [0.3, 0.4) is 0 Å². The lowest BCUT2D eigenvalue weighted by Gasteiger charge is -2.34. The van der Waals surface area contributed by atoms with Gasteiger partial charge in [0.15, 0.2) is 0 Å². The van der Waals surface area contributed by atoms with Crippen LogP contribution in [0.5, 0.6) is 0 Å². The maximum atomic E-state index is 12.8. The maximum Gasteiger partial charge on any atom is 0.416 e. The molecular formula is C16H17F3N2O5S. The Labute approximate surface area is 154 Å². The highest BCUT2D eigenvalue weighted by molar-refractivity contribution is 7.89. The van der Waals surface area contributed by atoms with Crippen LogP contribution >= 0.6 is 0 Å². The Balaban J connectivity index is 1.70. The zero-order valence-corrected chi connectivity index (χ0v) is 14.9. The molecule has 2 heterocycles. The number of rotatable bonds is 3. The molecule has 1 aromatic rings. The number of carbonyl (C=O) groups excluding carboxylic acids is 1. The summed E-state index contributed by atoms with van der Waals surface area (Å²) >= 11 is 0. The third-order valence-electron chi connectivity index (χ3n) is 4.18. The molecule has 1 aromatic carbocycles. The quantitative estimate of drug-likeness (QED) is 0.759. The second-order valence-corrected chi connectivity index (χ2v) is 7.86. The highest BCUT2D eigenvalue weighted by atomic mass is 32.2. The molecule has 0 aromatic heterocycles. The van der Waals surface area contributed by atoms with Gasteiger partial charge < -0.3 is 14.4 Å². The number of benzene rings is 1. The van der Waals surface area contributed by atoms with E-state index in [0.29, 0.717) is 12.7 Å². The van der Waals surface area contributed by atoms with E-state index < -0.39 is 32.6 Å². The molecule has 1 fully saturated rings. The van der Waals surface area contributed by atoms with Gasteiger partial charge in [-0.3, -0.25) is 4.79 Å². The standard InChI is InChI=1S/C16H17F3N2O5S/c17-16(18,19)12-2-1-3-13(10-12)27(23,24)21-6-4-20(5-7-21)15(22)14-11-25-8-9-26-14/h1-3,10-11H,4-9H2. The van der Waals surface area contributed by atoms with E-state index in [9.17, 15) is 26.4 Å². The van der Waals surface area contributed by atoms with Gasteiger partial charge in [0.2, 0.25) is 15.8 Å². The molecule has 27 heavy (non-hydrogen) atoms. The minimum absolute atomic E-state index is 0.0293. The van der Waals surface area contributed by atoms with Crippen LogP contribution in [0.15, 0.2) is 41.2 Å². The molecular weight excluding hydrogens is 389 g/mol. The summed E-state index contributed by atoms with van der Waals surface area (Å²) in [6, 6.07) is 3.61. The molecule has 0 saturated carbocycles. The summed E-state index contributed by atoms with van der Waals surface area (Å²) in [5, 5.41) is 0. The Morgan fingerprint density at radius 1 is 1.07 bits per heavy atom. The first-order valence-electron chi connectivity index (χ1n) is 8.11. The molecule has 11 heteroatoms. The van der Waals surface area contributed by atoms with Crippen molar-refractivity contribution in [3.05, 3.63) is 41.9 Å². The number of hydrogen-bond donors (Lipinski definition) is 0. The lowest BCUT2D eigenvalue weighted by Crippen LogP contribution is -2.51. The smallest absolute Gasteiger partial charge is 0.416 e. The molecule has 0 unspecified atom stereocenters. The summed E-state index contributed by atoms with van der Waals surface area (Å²) in [7, 11) is -4.09. The lowest BCUT2D eigenvalue weighted by molar-refractivity contribution is -0.137. The van der Waals surface area contributed by atoms with Gasteiger partial charge in [0.05, 0.1) is 10.5 Å². The van der Waals surface area contributed by atoms with Gasteiger partial charge in [0.25, 0.3) is 5.91 Å². The summed E-state index contributed by atoms with van der Waals surface area (Å²) in [6.45, 7) is 0.730. The van der Waals surface area contributed by atoms with Crippen molar-refractivity contribution in [2.24, 2.45) is 0 Å². The number of halogens is 3. The zero-order valence-electron chi connectivity index (χ0n) is 14.1. The van der Waals surface area contributed by atoms with Crippen molar-refractivity contribution in [3.63, 3.8) is 0 Å². The number of nitrogens with zero attached hydrogens (tertiary/aromatic N) is 2. The summed E-state index contributed by atoms with van der Waals surface area (Å²) in [5.41, 5.74) is -1.03. The van der Waals surface area contributed by atoms with E-state index in [0.717, 1.165) is 22.5 Å². The average molecular weight is 406 g/mol. The Kier molecular flexibility index (Phi) is 5.33. The Morgan fingerprint density at radius 2 is 1.78 bits per heavy atom. The second-order valence-electron chi connectivity index (χ2n) is 5.92. The van der Waals surface area contributed by atoms with Crippen molar-refractivity contribution in [1.29, 1.82) is 0 Å². The van der Waals surface area contributed by atoms with Gasteiger partial charge in [-0.1, -0.05) is 6.07 Å². The fraction of sp³-hybridized carbons (Fsp3) is 0.438. The number of sulfonamides is 1. The molecule has 3 rings (SSSR count). The lowest BCUT2D eigenvalue weighted by atomic mass is 10.2. The maximum absolute atomic E-state index is 12.8. The van der Waals surface area contributed by atoms with Gasteiger partial charge in [-0.15, -0.1) is 0 Å². The van der Waals surface area contributed by atoms with E-state index >= 15 is 0 Å². The number of carbonyl (C=O) groups is 1. The molecule has 0 bridgehead atoms. The number of hydrogen-bond acceptors (Lipinski definition) is 5. The highest BCUT2D eigenvalue weighted by Gasteiger charge is 2.35. The second kappa shape index (κ2) is 7.39. The molecule has 2 aliphatic rings. The molecule has 7 nitrogen and oxygen atoms in total. The number of alkyl halides is 3. The summed E-state index contributed by atoms with van der Waals surface area (Å²) < 4.78 is 75.1. The van der Waals surface area contributed by atoms with Crippen LogP contribution in [-0.2, 0) is 30.5 Å². The van der Waals surface area contributed by atoms with E-state index in [-0.39, 0.29) is 38.5 Å². The van der Waals surface area contributed by atoms with Crippen molar-refractivity contribution in [1.82, 2.24) is 9.21 Å². The fourth-order valence-electron chi connectivity index (χ4n) is 2.75. The van der Waals surface area contributed by atoms with Crippen molar-refractivity contribution in [2.75, 3.05) is 39.4 Å². The van der Waals surface area contributed by atoms with Crippen molar-refractivity contribution >= 4 is 15.9 Å². The van der Waals surface area contributed by atoms with E-state index in [1.165, 1.54) is 11.2 Å². The first-order chi connectivity index (χ1) is 12.7. The molecule has 1 amide bonds. The van der Waals surface area contributed by atoms with Crippen LogP contribution in [0.25, 0.3) is 0 Å². The van der Waals surface area contributed by atoms with Gasteiger partial charge in [-0.2, -0.15) is 17.5 Å². The SMILES string of the molecule is O=C(C1=COCCO1)N1CCN(S(=O)(=O)c2cccc(C(F)(F)F)c2)CC1. The molecule has 0 radical (unpaired) electrons. The van der Waals surface area contributed by atoms with Crippen LogP contribution in [0.2, 0.25) is 0 Å². The molecule has 0 spiro atoms. The minimum atomic E-state index is -4.63. The monoisotopic (exact) mass is 406 g/mol. The molecule has 1 saturated heterocycles. The minimum Gasteiger partial charge on any atom is -0.494 e. The van der Waals surface area contributed by atoms with E-state index in [4.69, 9.17) is 9.47 Å². The van der Waals surface area contributed by atoms with Gasteiger partial charge in [-0.25, -0.2) is 8.42 Å². The average Bonchev–Trinajstić information content (AvgIpc) is 2.67. The molecule has 2 aliphatic heterocycles. The van der Waals surface area contributed by atoms with E-state index in [1.807, 2.05) is 0 Å². The van der Waals surface area contributed by atoms with Gasteiger partial charge >= 0.3 is 6.18 Å². The summed E-state index contributed by atoms with van der Waals surface area (Å²) in [5.74, 6) is -0.360. The summed E-state index contributed by atoms with van der Waals surface area (Å²) in [4.78, 5) is 13.3. The third-order valence-corrected chi connectivity index (χ3v) is 6.08. The Morgan fingerprint density at radius 3 is 2.37 bits per heavy atom. The van der Waals surface area contributed by atoms with Crippen molar-refractivity contribution in [2.45, 2.75) is 11.1 Å². The molecule has 0 aliphatic carbocycles. The van der Waals surface area contributed by atoms with Crippen molar-refractivity contribution in [3.8, 4) is 0 Å². The normalized spacial score (nSPS) is 19.1. The fourth-order valence-corrected chi connectivity index (χ4v) is 4.22. The van der Waals surface area contributed by atoms with Gasteiger partial charge in [-0.05, 0) is 18.2 Å². The summed E-state index contributed by atoms with van der Waals surface area (Å²) in [6.07, 6.45) is -3.41. The predicted molar refractivity (Wildman–Crippen MR) is 86.8 cm³/mol. The zero-order chi connectivity index (χ0) is 19.7. The molecule has 148 valence electrons. The first kappa shape index (κ1) is 19.5. The van der Waals surface area contributed by atoms with Crippen LogP contribution in [0.1, 0.15) is 5.56 Å². The van der Waals surface area contributed by atoms with E-state index in [1.54, 1.807) is 0 Å². The highest BCUT2D eigenvalue weighted by Crippen LogP contribution is 2.31. The van der Waals surface area contributed by atoms with Crippen LogP contribution in [0, 0.1) is 0 Å². The van der Waals surface area contributed by atoms with Crippen LogP contribution in [0.4, 0.5) is 13.2 Å². The Bertz CT molecular complexity index is 846. The molecule has 0 N–H and O–H groups in total. The number of amides is 1. The van der Waals surface area contributed by atoms with Gasteiger partial charge in [0.1, 0.15) is 19.5 Å². The largest absolute Gasteiger partial charge is 0.494 e. The predicted octanol–water partition coefficient (Wildman–Crippen LogP) is 1.43. The Hall–Kier alpha value is -2.27. The number of piperazine rings is 1. The van der Waals surface area contributed by atoms with Crippen LogP contribution < -0.4 is 0 Å². The van der Waals surface area contributed by atoms with Gasteiger partial charge in [0, 0.05) is 26.2 Å². The third kappa shape index (κ3) is 4.19. The topological polar surface area (TPSA) is 76.2 Å². The number of ether oxygens (including phenoxy) is 2. The first-order valence-corrected chi connectivity index (χ1v) is 9.55.